The third-order valence-corrected chi connectivity index (χ3v) is 2.89. The van der Waals surface area contributed by atoms with Crippen LogP contribution in [0, 0.1) is 0 Å². The molecular weight excluding hydrogens is 260 g/mol. The van der Waals surface area contributed by atoms with Gasteiger partial charge in [0.05, 0.1) is 0 Å². The van der Waals surface area contributed by atoms with Gasteiger partial charge in [-0.2, -0.15) is 0 Å². The van der Waals surface area contributed by atoms with E-state index in [1.807, 2.05) is 33.2 Å². The molecule has 19 heavy (non-hydrogen) atoms. The van der Waals surface area contributed by atoms with E-state index in [1.165, 1.54) is 0 Å². The van der Waals surface area contributed by atoms with Gasteiger partial charge in [0.2, 0.25) is 0 Å². The van der Waals surface area contributed by atoms with Gasteiger partial charge < -0.3 is 10.2 Å². The van der Waals surface area contributed by atoms with Gasteiger partial charge in [0.1, 0.15) is 16.8 Å². The summed E-state index contributed by atoms with van der Waals surface area (Å²) in [6, 6.07) is 9.83. The number of halogens is 1. The molecule has 0 saturated heterocycles. The number of anilines is 3. The van der Waals surface area contributed by atoms with Gasteiger partial charge in [-0.15, -0.1) is 0 Å². The molecule has 0 spiro atoms. The third kappa shape index (κ3) is 3.58. The zero-order chi connectivity index (χ0) is 13.8. The first-order valence-electron chi connectivity index (χ1n) is 6.16. The van der Waals surface area contributed by atoms with Crippen LogP contribution in [0.15, 0.2) is 30.3 Å². The van der Waals surface area contributed by atoms with Gasteiger partial charge in [-0.3, -0.25) is 0 Å². The fourth-order valence-electron chi connectivity index (χ4n) is 1.70. The monoisotopic (exact) mass is 276 g/mol. The Morgan fingerprint density at radius 1 is 1.21 bits per heavy atom. The van der Waals surface area contributed by atoms with Gasteiger partial charge in [0.25, 0.3) is 0 Å². The Kier molecular flexibility index (Phi) is 4.22. The maximum atomic E-state index is 5.98. The summed E-state index contributed by atoms with van der Waals surface area (Å²) in [5.74, 6) is 1.45. The number of aromatic nitrogens is 2. The van der Waals surface area contributed by atoms with Gasteiger partial charge in [0.15, 0.2) is 0 Å². The van der Waals surface area contributed by atoms with Crippen LogP contribution in [-0.2, 0) is 6.42 Å². The normalized spacial score (nSPS) is 10.3. The molecule has 0 bridgehead atoms. The fraction of sp³-hybridized carbons (Fsp3) is 0.286. The standard InChI is InChI=1S/C14H17ClN4/c1-4-13-17-12(15)9-14(18-13)16-10-6-5-7-11(8-10)19(2)3/h5-9H,4H2,1-3H3,(H,16,17,18). The van der Waals surface area contributed by atoms with Gasteiger partial charge >= 0.3 is 0 Å². The summed E-state index contributed by atoms with van der Waals surface area (Å²) in [6.45, 7) is 2.00. The lowest BCUT2D eigenvalue weighted by Gasteiger charge is -2.14. The molecule has 2 rings (SSSR count). The molecule has 0 aliphatic heterocycles. The van der Waals surface area contributed by atoms with Gasteiger partial charge in [0, 0.05) is 38.0 Å². The lowest BCUT2D eigenvalue weighted by molar-refractivity contribution is 0.943. The Labute approximate surface area is 118 Å². The molecule has 0 saturated carbocycles. The Morgan fingerprint density at radius 3 is 2.68 bits per heavy atom. The third-order valence-electron chi connectivity index (χ3n) is 2.69. The van der Waals surface area contributed by atoms with Gasteiger partial charge in [-0.1, -0.05) is 24.6 Å². The highest BCUT2D eigenvalue weighted by molar-refractivity contribution is 6.29. The van der Waals surface area contributed by atoms with Crippen molar-refractivity contribution in [3.63, 3.8) is 0 Å². The van der Waals surface area contributed by atoms with Crippen molar-refractivity contribution in [3.05, 3.63) is 41.3 Å². The number of benzene rings is 1. The van der Waals surface area contributed by atoms with Crippen LogP contribution in [0.2, 0.25) is 5.15 Å². The average Bonchev–Trinajstić information content (AvgIpc) is 2.38. The molecule has 1 aromatic carbocycles. The lowest BCUT2D eigenvalue weighted by atomic mass is 10.2. The zero-order valence-electron chi connectivity index (χ0n) is 11.3. The van der Waals surface area contributed by atoms with Crippen molar-refractivity contribution in [2.45, 2.75) is 13.3 Å². The molecule has 5 heteroatoms. The number of nitrogens with one attached hydrogen (secondary N) is 1. The molecule has 100 valence electrons. The summed E-state index contributed by atoms with van der Waals surface area (Å²) in [5.41, 5.74) is 2.10. The molecule has 0 aliphatic carbocycles. The van der Waals surface area contributed by atoms with Crippen molar-refractivity contribution in [2.75, 3.05) is 24.3 Å². The van der Waals surface area contributed by atoms with E-state index >= 15 is 0 Å². The van der Waals surface area contributed by atoms with E-state index in [0.717, 1.165) is 23.6 Å². The molecule has 4 nitrogen and oxygen atoms in total. The maximum absolute atomic E-state index is 5.98. The van der Waals surface area contributed by atoms with Crippen molar-refractivity contribution in [2.24, 2.45) is 0 Å². The van der Waals surface area contributed by atoms with E-state index < -0.39 is 0 Å². The summed E-state index contributed by atoms with van der Waals surface area (Å²) in [5, 5.41) is 3.71. The molecule has 2 aromatic rings. The van der Waals surface area contributed by atoms with E-state index in [2.05, 4.69) is 32.3 Å². The van der Waals surface area contributed by atoms with Gasteiger partial charge in [-0.05, 0) is 18.2 Å². The predicted octanol–water partition coefficient (Wildman–Crippen LogP) is 3.50. The zero-order valence-corrected chi connectivity index (χ0v) is 12.1. The van der Waals surface area contributed by atoms with Crippen LogP contribution in [0.4, 0.5) is 17.2 Å². The first-order chi connectivity index (χ1) is 9.08. The number of hydrogen-bond donors (Lipinski definition) is 1. The van der Waals surface area contributed by atoms with E-state index in [0.29, 0.717) is 11.0 Å². The van der Waals surface area contributed by atoms with E-state index in [1.54, 1.807) is 6.07 Å². The summed E-state index contributed by atoms with van der Waals surface area (Å²) in [6.07, 6.45) is 0.757. The van der Waals surface area contributed by atoms with Crippen LogP contribution >= 0.6 is 11.6 Å². The van der Waals surface area contributed by atoms with Crippen LogP contribution in [0.1, 0.15) is 12.7 Å². The average molecular weight is 277 g/mol. The topological polar surface area (TPSA) is 41.1 Å². The molecule has 0 unspecified atom stereocenters. The van der Waals surface area contributed by atoms with Crippen LogP contribution in [0.3, 0.4) is 0 Å². The smallest absolute Gasteiger partial charge is 0.135 e. The predicted molar refractivity (Wildman–Crippen MR) is 80.5 cm³/mol. The van der Waals surface area contributed by atoms with Crippen molar-refractivity contribution < 1.29 is 0 Å². The highest BCUT2D eigenvalue weighted by Crippen LogP contribution is 2.21. The van der Waals surface area contributed by atoms with Crippen LogP contribution in [-0.4, -0.2) is 24.1 Å². The molecular formula is C14H17ClN4. The lowest BCUT2D eigenvalue weighted by Crippen LogP contribution is -2.08. The first kappa shape index (κ1) is 13.6. The summed E-state index contributed by atoms with van der Waals surface area (Å²) < 4.78 is 0. The number of nitrogens with zero attached hydrogens (tertiary/aromatic N) is 3. The minimum absolute atomic E-state index is 0.457. The van der Waals surface area contributed by atoms with Crippen molar-refractivity contribution in [3.8, 4) is 0 Å². The Morgan fingerprint density at radius 2 is 2.00 bits per heavy atom. The molecule has 0 fully saturated rings. The molecule has 1 N–H and O–H groups in total. The fourth-order valence-corrected chi connectivity index (χ4v) is 1.90. The first-order valence-corrected chi connectivity index (χ1v) is 6.54. The Hall–Kier alpha value is -1.81. The quantitative estimate of drug-likeness (QED) is 0.868. The summed E-state index contributed by atoms with van der Waals surface area (Å²) in [7, 11) is 4.02. The molecule has 0 radical (unpaired) electrons. The summed E-state index contributed by atoms with van der Waals surface area (Å²) in [4.78, 5) is 10.6. The van der Waals surface area contributed by atoms with Crippen LogP contribution < -0.4 is 10.2 Å². The van der Waals surface area contributed by atoms with Crippen molar-refractivity contribution in [1.29, 1.82) is 0 Å². The number of hydrogen-bond acceptors (Lipinski definition) is 4. The van der Waals surface area contributed by atoms with E-state index in [9.17, 15) is 0 Å². The van der Waals surface area contributed by atoms with Crippen molar-refractivity contribution in [1.82, 2.24) is 9.97 Å². The number of rotatable bonds is 4. The highest BCUT2D eigenvalue weighted by atomic mass is 35.5. The van der Waals surface area contributed by atoms with Gasteiger partial charge in [-0.25, -0.2) is 9.97 Å². The second kappa shape index (κ2) is 5.89. The molecule has 1 aromatic heterocycles. The second-order valence-electron chi connectivity index (χ2n) is 4.42. The highest BCUT2D eigenvalue weighted by Gasteiger charge is 2.03. The van der Waals surface area contributed by atoms with Crippen molar-refractivity contribution >= 4 is 28.8 Å². The van der Waals surface area contributed by atoms with E-state index in [-0.39, 0.29) is 0 Å². The second-order valence-corrected chi connectivity index (χ2v) is 4.80. The molecule has 0 aliphatic rings. The molecule has 0 amide bonds. The van der Waals surface area contributed by atoms with Crippen LogP contribution in [0.25, 0.3) is 0 Å². The Bertz CT molecular complexity index is 569. The molecule has 0 atom stereocenters. The minimum Gasteiger partial charge on any atom is -0.378 e. The Balaban J connectivity index is 2.25. The maximum Gasteiger partial charge on any atom is 0.135 e. The minimum atomic E-state index is 0.457. The number of aryl methyl sites for hydroxylation is 1. The van der Waals surface area contributed by atoms with E-state index in [4.69, 9.17) is 11.6 Å². The summed E-state index contributed by atoms with van der Waals surface area (Å²) >= 11 is 5.98. The SMILES string of the molecule is CCc1nc(Cl)cc(Nc2cccc(N(C)C)c2)n1. The van der Waals surface area contributed by atoms with Crippen LogP contribution in [0.5, 0.6) is 0 Å². The molecule has 1 heterocycles. The largest absolute Gasteiger partial charge is 0.378 e.